The highest BCUT2D eigenvalue weighted by atomic mass is 16.3. The Hall–Kier alpha value is -1.49. The average molecular weight is 171 g/mol. The predicted octanol–water partition coefficient (Wildman–Crippen LogP) is -0.000880. The van der Waals surface area contributed by atoms with Crippen molar-refractivity contribution in [2.24, 2.45) is 0 Å². The van der Waals surface area contributed by atoms with Crippen molar-refractivity contribution in [3.63, 3.8) is 0 Å². The van der Waals surface area contributed by atoms with Crippen LogP contribution in [0.25, 0.3) is 0 Å². The molecule has 0 saturated heterocycles. The van der Waals surface area contributed by atoms with E-state index in [0.29, 0.717) is 0 Å². The quantitative estimate of drug-likeness (QED) is 0.477. The highest BCUT2D eigenvalue weighted by Gasteiger charge is 2.14. The molecule has 0 saturated carbocycles. The number of aromatic nitrogens is 1. The lowest BCUT2D eigenvalue weighted by Gasteiger charge is -2.07. The van der Waals surface area contributed by atoms with Gasteiger partial charge in [-0.05, 0) is 6.92 Å². The van der Waals surface area contributed by atoms with Crippen LogP contribution < -0.4 is 0 Å². The Labute approximate surface area is 68.6 Å². The molecule has 1 aromatic heterocycles. The zero-order chi connectivity index (χ0) is 9.30. The first-order valence-corrected chi connectivity index (χ1v) is 3.29. The van der Waals surface area contributed by atoms with Gasteiger partial charge in [-0.3, -0.25) is 0 Å². The van der Waals surface area contributed by atoms with Gasteiger partial charge in [-0.1, -0.05) is 0 Å². The molecule has 0 aliphatic heterocycles. The van der Waals surface area contributed by atoms with E-state index in [0.717, 1.165) is 0 Å². The molecule has 5 heteroatoms. The van der Waals surface area contributed by atoms with Gasteiger partial charge in [0.25, 0.3) is 5.88 Å². The molecule has 0 unspecified atom stereocenters. The number of hydrogen-bond donors (Lipinski definition) is 4. The summed E-state index contributed by atoms with van der Waals surface area (Å²) in [4.78, 5) is 3.43. The Morgan fingerprint density at radius 3 is 2.25 bits per heavy atom. The second-order valence-electron chi connectivity index (χ2n) is 2.35. The van der Waals surface area contributed by atoms with Crippen LogP contribution in [0.4, 0.5) is 0 Å². The Morgan fingerprint density at radius 2 is 1.75 bits per heavy atom. The van der Waals surface area contributed by atoms with Crippen molar-refractivity contribution in [2.75, 3.05) is 0 Å². The number of aliphatic hydroxyl groups is 1. The molecule has 0 aliphatic carbocycles. The molecule has 0 aromatic carbocycles. The van der Waals surface area contributed by atoms with Crippen molar-refractivity contribution in [1.29, 1.82) is 0 Å². The van der Waals surface area contributed by atoms with Crippen molar-refractivity contribution in [2.45, 2.75) is 13.5 Å². The number of aliphatic hydroxyl groups excluding tert-OH is 1. The molecule has 0 atom stereocenters. The zero-order valence-electron chi connectivity index (χ0n) is 6.44. The third kappa shape index (κ3) is 1.14. The van der Waals surface area contributed by atoms with Crippen LogP contribution in [0.2, 0.25) is 0 Å². The minimum absolute atomic E-state index is 0.111. The molecule has 0 bridgehead atoms. The fourth-order valence-electron chi connectivity index (χ4n) is 0.880. The first kappa shape index (κ1) is 8.61. The maximum atomic E-state index is 9.21. The highest BCUT2D eigenvalue weighted by molar-refractivity contribution is 5.49. The lowest BCUT2D eigenvalue weighted by molar-refractivity contribution is 0.264. The van der Waals surface area contributed by atoms with Gasteiger partial charge in [-0.25, -0.2) is 4.98 Å². The SMILES string of the molecule is Cc1nc(O)c(O)c(CO)c1O. The first-order chi connectivity index (χ1) is 5.57. The molecule has 4 N–H and O–H groups in total. The molecule has 0 spiro atoms. The number of rotatable bonds is 1. The summed E-state index contributed by atoms with van der Waals surface area (Å²) < 4.78 is 0. The molecule has 0 fully saturated rings. The number of nitrogens with zero attached hydrogens (tertiary/aromatic N) is 1. The van der Waals surface area contributed by atoms with Crippen LogP contribution in [0, 0.1) is 6.92 Å². The molecular formula is C7H9NO4. The van der Waals surface area contributed by atoms with Crippen LogP contribution in [0.15, 0.2) is 0 Å². The predicted molar refractivity (Wildman–Crippen MR) is 39.9 cm³/mol. The summed E-state index contributed by atoms with van der Waals surface area (Å²) in [6.07, 6.45) is 0. The van der Waals surface area contributed by atoms with Gasteiger partial charge in [0, 0.05) is 0 Å². The lowest BCUT2D eigenvalue weighted by atomic mass is 10.2. The fourth-order valence-corrected chi connectivity index (χ4v) is 0.880. The van der Waals surface area contributed by atoms with Crippen LogP contribution in [-0.4, -0.2) is 25.4 Å². The zero-order valence-corrected chi connectivity index (χ0v) is 6.44. The van der Waals surface area contributed by atoms with E-state index < -0.39 is 18.2 Å². The highest BCUT2D eigenvalue weighted by Crippen LogP contribution is 2.34. The largest absolute Gasteiger partial charge is 0.506 e. The Bertz CT molecular complexity index is 285. The minimum Gasteiger partial charge on any atom is -0.506 e. The molecule has 1 heterocycles. The second-order valence-corrected chi connectivity index (χ2v) is 2.35. The van der Waals surface area contributed by atoms with E-state index in [-0.39, 0.29) is 17.0 Å². The summed E-state index contributed by atoms with van der Waals surface area (Å²) in [6, 6.07) is 0. The number of pyridine rings is 1. The molecule has 0 radical (unpaired) electrons. The van der Waals surface area contributed by atoms with Crippen LogP contribution in [0.5, 0.6) is 17.4 Å². The van der Waals surface area contributed by atoms with Crippen LogP contribution >= 0.6 is 0 Å². The minimum atomic E-state index is -0.589. The van der Waals surface area contributed by atoms with E-state index >= 15 is 0 Å². The van der Waals surface area contributed by atoms with Crippen molar-refractivity contribution in [3.05, 3.63) is 11.3 Å². The van der Waals surface area contributed by atoms with E-state index in [1.165, 1.54) is 6.92 Å². The lowest BCUT2D eigenvalue weighted by Crippen LogP contribution is -1.92. The van der Waals surface area contributed by atoms with Gasteiger partial charge in [0.1, 0.15) is 5.75 Å². The van der Waals surface area contributed by atoms with Gasteiger partial charge in [0.2, 0.25) is 0 Å². The van der Waals surface area contributed by atoms with E-state index in [9.17, 15) is 5.11 Å². The van der Waals surface area contributed by atoms with Gasteiger partial charge in [0.15, 0.2) is 5.75 Å². The number of hydrogen-bond acceptors (Lipinski definition) is 5. The van der Waals surface area contributed by atoms with E-state index in [2.05, 4.69) is 4.98 Å². The molecule has 0 amide bonds. The molecule has 5 nitrogen and oxygen atoms in total. The van der Waals surface area contributed by atoms with Gasteiger partial charge >= 0.3 is 0 Å². The summed E-state index contributed by atoms with van der Waals surface area (Å²) >= 11 is 0. The summed E-state index contributed by atoms with van der Waals surface area (Å²) in [7, 11) is 0. The van der Waals surface area contributed by atoms with Crippen molar-refractivity contribution >= 4 is 0 Å². The fraction of sp³-hybridized carbons (Fsp3) is 0.286. The maximum Gasteiger partial charge on any atom is 0.255 e. The van der Waals surface area contributed by atoms with E-state index in [4.69, 9.17) is 15.3 Å². The van der Waals surface area contributed by atoms with Gasteiger partial charge in [-0.15, -0.1) is 0 Å². The Kier molecular flexibility index (Phi) is 2.05. The standard InChI is InChI=1S/C7H9NO4/c1-3-5(10)4(2-9)6(11)7(12)8-3/h9-11H,2H2,1H3,(H,8,12). The Balaban J connectivity index is 3.42. The van der Waals surface area contributed by atoms with Gasteiger partial charge < -0.3 is 20.4 Å². The van der Waals surface area contributed by atoms with Gasteiger partial charge in [-0.2, -0.15) is 0 Å². The molecular weight excluding hydrogens is 162 g/mol. The van der Waals surface area contributed by atoms with Crippen LogP contribution in [0.3, 0.4) is 0 Å². The van der Waals surface area contributed by atoms with Crippen molar-refractivity contribution in [1.82, 2.24) is 4.98 Å². The van der Waals surface area contributed by atoms with E-state index in [1.807, 2.05) is 0 Å². The van der Waals surface area contributed by atoms with Gasteiger partial charge in [0.05, 0.1) is 17.9 Å². The maximum absolute atomic E-state index is 9.21. The molecule has 1 aromatic rings. The van der Waals surface area contributed by atoms with Crippen molar-refractivity contribution in [3.8, 4) is 17.4 Å². The molecule has 12 heavy (non-hydrogen) atoms. The summed E-state index contributed by atoms with van der Waals surface area (Å²) in [5.41, 5.74) is 0.0503. The molecule has 1 rings (SSSR count). The van der Waals surface area contributed by atoms with Crippen molar-refractivity contribution < 1.29 is 20.4 Å². The first-order valence-electron chi connectivity index (χ1n) is 3.29. The number of aromatic hydroxyl groups is 3. The summed E-state index contributed by atoms with van der Waals surface area (Å²) in [5.74, 6) is -1.47. The van der Waals surface area contributed by atoms with Crippen LogP contribution in [0.1, 0.15) is 11.3 Å². The normalized spacial score (nSPS) is 10.2. The Morgan fingerprint density at radius 1 is 1.17 bits per heavy atom. The smallest absolute Gasteiger partial charge is 0.255 e. The topological polar surface area (TPSA) is 93.8 Å². The van der Waals surface area contributed by atoms with Crippen LogP contribution in [-0.2, 0) is 6.61 Å². The summed E-state index contributed by atoms with van der Waals surface area (Å²) in [6.45, 7) is 0.905. The number of aryl methyl sites for hydroxylation is 1. The molecule has 66 valence electrons. The van der Waals surface area contributed by atoms with E-state index in [1.54, 1.807) is 0 Å². The average Bonchev–Trinajstić information content (AvgIpc) is 2.02. The molecule has 0 aliphatic rings. The third-order valence-electron chi connectivity index (χ3n) is 1.56. The second kappa shape index (κ2) is 2.86. The monoisotopic (exact) mass is 171 g/mol. The third-order valence-corrected chi connectivity index (χ3v) is 1.56. The summed E-state index contributed by atoms with van der Waals surface area (Å²) in [5, 5.41) is 35.9.